The van der Waals surface area contributed by atoms with E-state index in [1.807, 2.05) is 30.3 Å². The van der Waals surface area contributed by atoms with Crippen molar-refractivity contribution in [2.75, 3.05) is 19.7 Å². The molecule has 1 atom stereocenters. The van der Waals surface area contributed by atoms with Crippen LogP contribution in [0.15, 0.2) is 30.3 Å². The third-order valence-corrected chi connectivity index (χ3v) is 2.53. The standard InChI is InChI=1S/C11H14N2O2/c14-7-6-13-10(15)8-12-11(13)9-4-2-1-3-5-9/h1-5,11-12,14H,6-8H2. The zero-order valence-corrected chi connectivity index (χ0v) is 8.39. The molecule has 2 N–H and O–H groups in total. The molecule has 2 rings (SSSR count). The Morgan fingerprint density at radius 1 is 1.40 bits per heavy atom. The monoisotopic (exact) mass is 206 g/mol. The first kappa shape index (κ1) is 10.1. The Balaban J connectivity index is 2.18. The Bertz CT molecular complexity index is 340. The predicted octanol–water partition coefficient (Wildman–Crippen LogP) is 0.109. The van der Waals surface area contributed by atoms with Crippen molar-refractivity contribution in [3.63, 3.8) is 0 Å². The van der Waals surface area contributed by atoms with Crippen LogP contribution >= 0.6 is 0 Å². The summed E-state index contributed by atoms with van der Waals surface area (Å²) in [6, 6.07) is 9.77. The molecule has 1 heterocycles. The smallest absolute Gasteiger partial charge is 0.238 e. The van der Waals surface area contributed by atoms with Gasteiger partial charge in [0.1, 0.15) is 6.17 Å². The van der Waals surface area contributed by atoms with Crippen LogP contribution in [-0.2, 0) is 4.79 Å². The minimum Gasteiger partial charge on any atom is -0.395 e. The summed E-state index contributed by atoms with van der Waals surface area (Å²) in [6.45, 7) is 0.724. The molecule has 1 saturated heterocycles. The Morgan fingerprint density at radius 2 is 2.13 bits per heavy atom. The van der Waals surface area contributed by atoms with Crippen LogP contribution < -0.4 is 5.32 Å². The fourth-order valence-corrected chi connectivity index (χ4v) is 1.83. The van der Waals surface area contributed by atoms with Gasteiger partial charge >= 0.3 is 0 Å². The van der Waals surface area contributed by atoms with E-state index < -0.39 is 0 Å². The first-order chi connectivity index (χ1) is 7.33. The average molecular weight is 206 g/mol. The fraction of sp³-hybridized carbons (Fsp3) is 0.364. The summed E-state index contributed by atoms with van der Waals surface area (Å²) in [7, 11) is 0. The quantitative estimate of drug-likeness (QED) is 0.738. The molecular weight excluding hydrogens is 192 g/mol. The summed E-state index contributed by atoms with van der Waals surface area (Å²) in [5, 5.41) is 12.0. The van der Waals surface area contributed by atoms with Crippen molar-refractivity contribution in [2.24, 2.45) is 0 Å². The second-order valence-corrected chi connectivity index (χ2v) is 3.50. The molecule has 1 aliphatic heterocycles. The minimum atomic E-state index is -0.0918. The van der Waals surface area contributed by atoms with Gasteiger partial charge in [-0.2, -0.15) is 0 Å². The maximum Gasteiger partial charge on any atom is 0.238 e. The number of hydrogen-bond donors (Lipinski definition) is 2. The molecule has 0 spiro atoms. The van der Waals surface area contributed by atoms with Gasteiger partial charge in [0.05, 0.1) is 13.2 Å². The number of rotatable bonds is 3. The lowest BCUT2D eigenvalue weighted by Crippen LogP contribution is -2.32. The Kier molecular flexibility index (Phi) is 2.99. The zero-order chi connectivity index (χ0) is 10.7. The predicted molar refractivity (Wildman–Crippen MR) is 56.0 cm³/mol. The van der Waals surface area contributed by atoms with Crippen LogP contribution in [0.5, 0.6) is 0 Å². The molecule has 15 heavy (non-hydrogen) atoms. The number of β-amino-alcohol motifs (C(OH)–C–C–N with tert-alkyl or cyclic N) is 1. The number of carbonyl (C=O) groups is 1. The van der Waals surface area contributed by atoms with Crippen LogP contribution in [0.25, 0.3) is 0 Å². The van der Waals surface area contributed by atoms with E-state index in [1.165, 1.54) is 0 Å². The first-order valence-corrected chi connectivity index (χ1v) is 5.01. The highest BCUT2D eigenvalue weighted by molar-refractivity contribution is 5.80. The van der Waals surface area contributed by atoms with Crippen molar-refractivity contribution in [3.05, 3.63) is 35.9 Å². The van der Waals surface area contributed by atoms with Gasteiger partial charge in [-0.15, -0.1) is 0 Å². The van der Waals surface area contributed by atoms with Crippen molar-refractivity contribution in [3.8, 4) is 0 Å². The van der Waals surface area contributed by atoms with Crippen LogP contribution in [0.1, 0.15) is 11.7 Å². The largest absolute Gasteiger partial charge is 0.395 e. The SMILES string of the molecule is O=C1CNC(c2ccccc2)N1CCO. The highest BCUT2D eigenvalue weighted by Gasteiger charge is 2.30. The number of amides is 1. The van der Waals surface area contributed by atoms with Gasteiger partial charge < -0.3 is 10.0 Å². The van der Waals surface area contributed by atoms with Crippen LogP contribution in [0.2, 0.25) is 0 Å². The summed E-state index contributed by atoms with van der Waals surface area (Å²) in [6.07, 6.45) is -0.0918. The molecule has 1 amide bonds. The third kappa shape index (κ3) is 2.00. The molecule has 1 fully saturated rings. The molecule has 1 aliphatic rings. The first-order valence-electron chi connectivity index (χ1n) is 5.01. The molecule has 1 aromatic carbocycles. The zero-order valence-electron chi connectivity index (χ0n) is 8.39. The summed E-state index contributed by atoms with van der Waals surface area (Å²) in [5.41, 5.74) is 1.05. The van der Waals surface area contributed by atoms with E-state index in [0.717, 1.165) is 5.56 Å². The van der Waals surface area contributed by atoms with E-state index in [9.17, 15) is 4.79 Å². The van der Waals surface area contributed by atoms with E-state index in [0.29, 0.717) is 13.1 Å². The highest BCUT2D eigenvalue weighted by atomic mass is 16.3. The van der Waals surface area contributed by atoms with Gasteiger partial charge in [-0.3, -0.25) is 10.1 Å². The number of nitrogens with zero attached hydrogens (tertiary/aromatic N) is 1. The molecule has 0 radical (unpaired) electrons. The molecular formula is C11H14N2O2. The van der Waals surface area contributed by atoms with Gasteiger partial charge in [-0.25, -0.2) is 0 Å². The van der Waals surface area contributed by atoms with Crippen LogP contribution in [0, 0.1) is 0 Å². The lowest BCUT2D eigenvalue weighted by molar-refractivity contribution is -0.128. The Hall–Kier alpha value is -1.39. The molecule has 1 aromatic rings. The Morgan fingerprint density at radius 3 is 2.80 bits per heavy atom. The topological polar surface area (TPSA) is 52.6 Å². The lowest BCUT2D eigenvalue weighted by Gasteiger charge is -2.23. The second kappa shape index (κ2) is 4.42. The number of benzene rings is 1. The highest BCUT2D eigenvalue weighted by Crippen LogP contribution is 2.21. The van der Waals surface area contributed by atoms with Crippen molar-refractivity contribution in [1.29, 1.82) is 0 Å². The molecule has 80 valence electrons. The number of hydrogen-bond acceptors (Lipinski definition) is 3. The maximum absolute atomic E-state index is 11.5. The van der Waals surface area contributed by atoms with Crippen molar-refractivity contribution in [1.82, 2.24) is 10.2 Å². The minimum absolute atomic E-state index is 0.00322. The fourth-order valence-electron chi connectivity index (χ4n) is 1.83. The second-order valence-electron chi connectivity index (χ2n) is 3.50. The average Bonchev–Trinajstić information content (AvgIpc) is 2.63. The summed E-state index contributed by atoms with van der Waals surface area (Å²) >= 11 is 0. The number of nitrogens with one attached hydrogen (secondary N) is 1. The van der Waals surface area contributed by atoms with Gasteiger partial charge in [-0.1, -0.05) is 30.3 Å². The normalized spacial score (nSPS) is 21.0. The van der Waals surface area contributed by atoms with E-state index in [4.69, 9.17) is 5.11 Å². The van der Waals surface area contributed by atoms with Gasteiger partial charge in [-0.05, 0) is 5.56 Å². The summed E-state index contributed by atoms with van der Waals surface area (Å²) in [4.78, 5) is 13.2. The van der Waals surface area contributed by atoms with E-state index in [2.05, 4.69) is 5.32 Å². The molecule has 1 unspecified atom stereocenters. The number of aliphatic hydroxyl groups excluding tert-OH is 1. The van der Waals surface area contributed by atoms with Crippen LogP contribution in [-0.4, -0.2) is 35.6 Å². The van der Waals surface area contributed by atoms with Crippen molar-refractivity contribution >= 4 is 5.91 Å². The van der Waals surface area contributed by atoms with E-state index >= 15 is 0 Å². The Labute approximate surface area is 88.5 Å². The molecule has 0 aromatic heterocycles. The summed E-state index contributed by atoms with van der Waals surface area (Å²) in [5.74, 6) is 0.0397. The van der Waals surface area contributed by atoms with E-state index in [1.54, 1.807) is 4.90 Å². The molecule has 4 heteroatoms. The van der Waals surface area contributed by atoms with Crippen molar-refractivity contribution < 1.29 is 9.90 Å². The molecule has 0 bridgehead atoms. The number of carbonyl (C=O) groups excluding carboxylic acids is 1. The molecule has 4 nitrogen and oxygen atoms in total. The summed E-state index contributed by atoms with van der Waals surface area (Å²) < 4.78 is 0. The third-order valence-electron chi connectivity index (χ3n) is 2.53. The van der Waals surface area contributed by atoms with Gasteiger partial charge in [0, 0.05) is 6.54 Å². The van der Waals surface area contributed by atoms with Crippen LogP contribution in [0.4, 0.5) is 0 Å². The van der Waals surface area contributed by atoms with Crippen LogP contribution in [0.3, 0.4) is 0 Å². The van der Waals surface area contributed by atoms with Crippen molar-refractivity contribution in [2.45, 2.75) is 6.17 Å². The van der Waals surface area contributed by atoms with Gasteiger partial charge in [0.2, 0.25) is 5.91 Å². The molecule has 0 aliphatic carbocycles. The molecule has 0 saturated carbocycles. The maximum atomic E-state index is 11.5. The van der Waals surface area contributed by atoms with E-state index in [-0.39, 0.29) is 18.7 Å². The number of aliphatic hydroxyl groups is 1. The lowest BCUT2D eigenvalue weighted by atomic mass is 10.1. The van der Waals surface area contributed by atoms with Gasteiger partial charge in [0.25, 0.3) is 0 Å². The van der Waals surface area contributed by atoms with Gasteiger partial charge in [0.15, 0.2) is 0 Å².